The van der Waals surface area contributed by atoms with E-state index in [0.29, 0.717) is 16.7 Å². The Hall–Kier alpha value is -3.79. The van der Waals surface area contributed by atoms with Gasteiger partial charge in [-0.3, -0.25) is 14.3 Å². The summed E-state index contributed by atoms with van der Waals surface area (Å²) < 4.78 is 10.8. The fourth-order valence-corrected chi connectivity index (χ4v) is 4.20. The second kappa shape index (κ2) is 10.0. The number of amides is 1. The topological polar surface area (TPSA) is 96.0 Å². The first-order valence-electron chi connectivity index (χ1n) is 10.7. The van der Waals surface area contributed by atoms with Crippen molar-refractivity contribution in [2.75, 3.05) is 11.1 Å². The summed E-state index contributed by atoms with van der Waals surface area (Å²) in [5.41, 5.74) is 2.50. The number of rotatable bonds is 8. The van der Waals surface area contributed by atoms with Gasteiger partial charge >= 0.3 is 0 Å². The Morgan fingerprint density at radius 3 is 2.56 bits per heavy atom. The smallest absolute Gasteiger partial charge is 0.295 e. The van der Waals surface area contributed by atoms with Gasteiger partial charge in [-0.1, -0.05) is 42.1 Å². The number of aromatic nitrogens is 5. The number of anilines is 1. The zero-order chi connectivity index (χ0) is 24.2. The van der Waals surface area contributed by atoms with E-state index in [1.54, 1.807) is 23.2 Å². The van der Waals surface area contributed by atoms with Crippen molar-refractivity contribution in [3.05, 3.63) is 82.0 Å². The van der Waals surface area contributed by atoms with Gasteiger partial charge in [-0.2, -0.15) is 0 Å². The lowest BCUT2D eigenvalue weighted by molar-refractivity contribution is -0.113. The van der Waals surface area contributed by atoms with Crippen molar-refractivity contribution in [1.29, 1.82) is 0 Å². The molecule has 0 saturated carbocycles. The van der Waals surface area contributed by atoms with Gasteiger partial charge in [-0.05, 0) is 43.7 Å². The highest BCUT2D eigenvalue weighted by Crippen LogP contribution is 2.19. The number of nitrogens with one attached hydrogen (secondary N) is 1. The van der Waals surface area contributed by atoms with Crippen LogP contribution in [0.25, 0.3) is 5.69 Å². The third-order valence-corrected chi connectivity index (χ3v) is 6.45. The molecule has 0 bridgehead atoms. The lowest BCUT2D eigenvalue weighted by Crippen LogP contribution is -2.23. The van der Waals surface area contributed by atoms with Gasteiger partial charge in [0.1, 0.15) is 18.0 Å². The molecule has 10 heteroatoms. The van der Waals surface area contributed by atoms with E-state index in [0.717, 1.165) is 17.0 Å². The number of carbonyl (C=O) groups excluding carboxylic acids is 1. The van der Waals surface area contributed by atoms with Crippen LogP contribution in [0, 0.1) is 13.8 Å². The number of para-hydroxylation sites is 1. The molecule has 0 spiro atoms. The quantitative estimate of drug-likeness (QED) is 0.391. The normalized spacial score (nSPS) is 10.9. The molecule has 2 aromatic heterocycles. The minimum atomic E-state index is -0.295. The molecule has 0 atom stereocenters. The molecule has 1 amide bonds. The van der Waals surface area contributed by atoms with Crippen LogP contribution in [-0.2, 0) is 25.5 Å². The molecule has 0 radical (unpaired) electrons. The van der Waals surface area contributed by atoms with Gasteiger partial charge < -0.3 is 14.6 Å². The van der Waals surface area contributed by atoms with Crippen LogP contribution in [0.3, 0.4) is 0 Å². The van der Waals surface area contributed by atoms with Crippen LogP contribution in [0.15, 0.2) is 64.5 Å². The summed E-state index contributed by atoms with van der Waals surface area (Å²) in [6.07, 6.45) is 0. The predicted molar refractivity (Wildman–Crippen MR) is 132 cm³/mol. The number of benzene rings is 2. The molecular formula is C24H26N6O3S. The SMILES string of the molecule is Cc1cccc(OCc2nnc(SCC(=O)Nc3c(C)n(C)n(-c4ccccc4)c3=O)n2C)c1. The van der Waals surface area contributed by atoms with Gasteiger partial charge in [-0.25, -0.2) is 4.68 Å². The maximum Gasteiger partial charge on any atom is 0.295 e. The molecule has 176 valence electrons. The Kier molecular flexibility index (Phi) is 6.87. The van der Waals surface area contributed by atoms with Gasteiger partial charge in [0.05, 0.1) is 17.1 Å². The molecule has 4 aromatic rings. The predicted octanol–water partition coefficient (Wildman–Crippen LogP) is 3.23. The van der Waals surface area contributed by atoms with E-state index in [9.17, 15) is 9.59 Å². The first-order valence-corrected chi connectivity index (χ1v) is 11.7. The highest BCUT2D eigenvalue weighted by atomic mass is 32.2. The molecule has 2 heterocycles. The van der Waals surface area contributed by atoms with E-state index in [-0.39, 0.29) is 29.5 Å². The Bertz CT molecular complexity index is 1370. The molecular weight excluding hydrogens is 452 g/mol. The summed E-state index contributed by atoms with van der Waals surface area (Å²) in [4.78, 5) is 25.6. The largest absolute Gasteiger partial charge is 0.486 e. The molecule has 4 rings (SSSR count). The van der Waals surface area contributed by atoms with Crippen molar-refractivity contribution < 1.29 is 9.53 Å². The minimum absolute atomic E-state index is 0.0871. The zero-order valence-corrected chi connectivity index (χ0v) is 20.3. The standard InChI is InChI=1S/C24H26N6O3S/c1-16-9-8-12-19(13-16)33-14-20-26-27-24(28(20)3)34-15-21(31)25-22-17(2)29(4)30(23(22)32)18-10-6-5-7-11-18/h5-13H,14-15H2,1-4H3,(H,25,31). The van der Waals surface area contributed by atoms with Crippen molar-refractivity contribution in [3.63, 3.8) is 0 Å². The number of hydrogen-bond donors (Lipinski definition) is 1. The summed E-state index contributed by atoms with van der Waals surface area (Å²) in [5.74, 6) is 1.20. The second-order valence-corrected chi connectivity index (χ2v) is 8.78. The highest BCUT2D eigenvalue weighted by molar-refractivity contribution is 7.99. The monoisotopic (exact) mass is 478 g/mol. The summed E-state index contributed by atoms with van der Waals surface area (Å²) >= 11 is 1.24. The molecule has 0 aliphatic rings. The molecule has 0 aliphatic heterocycles. The van der Waals surface area contributed by atoms with Crippen LogP contribution in [0.1, 0.15) is 17.1 Å². The Morgan fingerprint density at radius 1 is 1.06 bits per heavy atom. The average molecular weight is 479 g/mol. The third kappa shape index (κ3) is 4.91. The van der Waals surface area contributed by atoms with E-state index in [2.05, 4.69) is 15.5 Å². The number of nitrogens with zero attached hydrogens (tertiary/aromatic N) is 5. The zero-order valence-electron chi connectivity index (χ0n) is 19.5. The van der Waals surface area contributed by atoms with Gasteiger partial charge in [0.15, 0.2) is 11.0 Å². The molecule has 34 heavy (non-hydrogen) atoms. The van der Waals surface area contributed by atoms with Crippen LogP contribution in [0.2, 0.25) is 0 Å². The Morgan fingerprint density at radius 2 is 1.82 bits per heavy atom. The third-order valence-electron chi connectivity index (χ3n) is 5.43. The first kappa shape index (κ1) is 23.4. The first-order chi connectivity index (χ1) is 16.3. The van der Waals surface area contributed by atoms with E-state index in [4.69, 9.17) is 4.74 Å². The Balaban J connectivity index is 1.39. The fraction of sp³-hybridized carbons (Fsp3) is 0.250. The second-order valence-electron chi connectivity index (χ2n) is 7.84. The summed E-state index contributed by atoms with van der Waals surface area (Å²) in [6, 6.07) is 17.1. The van der Waals surface area contributed by atoms with E-state index >= 15 is 0 Å². The molecule has 0 saturated heterocycles. The number of hydrogen-bond acceptors (Lipinski definition) is 6. The van der Waals surface area contributed by atoms with Gasteiger partial charge in [0.2, 0.25) is 5.91 Å². The van der Waals surface area contributed by atoms with Crippen molar-refractivity contribution in [2.24, 2.45) is 14.1 Å². The van der Waals surface area contributed by atoms with Crippen molar-refractivity contribution >= 4 is 23.4 Å². The van der Waals surface area contributed by atoms with Crippen LogP contribution < -0.4 is 15.6 Å². The van der Waals surface area contributed by atoms with E-state index in [1.165, 1.54) is 16.4 Å². The summed E-state index contributed by atoms with van der Waals surface area (Å²) in [6.45, 7) is 4.07. The lowest BCUT2D eigenvalue weighted by atomic mass is 10.2. The van der Waals surface area contributed by atoms with Gasteiger partial charge in [-0.15, -0.1) is 10.2 Å². The van der Waals surface area contributed by atoms with Gasteiger partial charge in [0.25, 0.3) is 5.56 Å². The fourth-order valence-electron chi connectivity index (χ4n) is 3.47. The Labute approximate surface area is 201 Å². The van der Waals surface area contributed by atoms with Crippen molar-refractivity contribution in [3.8, 4) is 11.4 Å². The van der Waals surface area contributed by atoms with Crippen LogP contribution in [0.5, 0.6) is 5.75 Å². The van der Waals surface area contributed by atoms with Crippen molar-refractivity contribution in [2.45, 2.75) is 25.6 Å². The lowest BCUT2D eigenvalue weighted by Gasteiger charge is -2.07. The summed E-state index contributed by atoms with van der Waals surface area (Å²) in [5, 5.41) is 11.7. The number of thioether (sulfide) groups is 1. The number of ether oxygens (including phenoxy) is 1. The van der Waals surface area contributed by atoms with Crippen LogP contribution in [-0.4, -0.2) is 35.8 Å². The van der Waals surface area contributed by atoms with Gasteiger partial charge in [0, 0.05) is 14.1 Å². The molecule has 1 N–H and O–H groups in total. The van der Waals surface area contributed by atoms with Crippen LogP contribution >= 0.6 is 11.8 Å². The molecule has 0 fully saturated rings. The average Bonchev–Trinajstić information content (AvgIpc) is 3.28. The van der Waals surface area contributed by atoms with E-state index < -0.39 is 0 Å². The van der Waals surface area contributed by atoms with E-state index in [1.807, 2.05) is 68.6 Å². The maximum atomic E-state index is 13.0. The van der Waals surface area contributed by atoms with Crippen molar-refractivity contribution in [1.82, 2.24) is 24.1 Å². The molecule has 0 unspecified atom stereocenters. The highest BCUT2D eigenvalue weighted by Gasteiger charge is 2.19. The number of carbonyl (C=O) groups is 1. The molecule has 0 aliphatic carbocycles. The molecule has 9 nitrogen and oxygen atoms in total. The molecule has 2 aromatic carbocycles. The maximum absolute atomic E-state index is 13.0. The minimum Gasteiger partial charge on any atom is -0.486 e. The number of aryl methyl sites for hydroxylation is 1. The van der Waals surface area contributed by atoms with Crippen LogP contribution in [0.4, 0.5) is 5.69 Å². The summed E-state index contributed by atoms with van der Waals surface area (Å²) in [7, 11) is 3.61.